The molecule has 0 saturated heterocycles. The van der Waals surface area contributed by atoms with Crippen LogP contribution in [-0.2, 0) is 0 Å². The van der Waals surface area contributed by atoms with Gasteiger partial charge in [-0.1, -0.05) is 24.3 Å². The topological polar surface area (TPSA) is 70.3 Å². The first kappa shape index (κ1) is 17.6. The minimum Gasteiger partial charge on any atom is -0.495 e. The highest BCUT2D eigenvalue weighted by Gasteiger charge is 2.11. The van der Waals surface area contributed by atoms with E-state index in [0.29, 0.717) is 16.4 Å². The summed E-state index contributed by atoms with van der Waals surface area (Å²) in [5.41, 5.74) is 8.13. The summed E-state index contributed by atoms with van der Waals surface area (Å²) in [7, 11) is 1.59. The first-order valence-electron chi connectivity index (χ1n) is 8.02. The summed E-state index contributed by atoms with van der Waals surface area (Å²) in [5, 5.41) is 16.2. The highest BCUT2D eigenvalue weighted by Crippen LogP contribution is 2.25. The van der Waals surface area contributed by atoms with Crippen LogP contribution in [0.25, 0.3) is 11.3 Å². The largest absolute Gasteiger partial charge is 0.495 e. The van der Waals surface area contributed by atoms with Gasteiger partial charge in [0.2, 0.25) is 0 Å². The van der Waals surface area contributed by atoms with Gasteiger partial charge < -0.3 is 4.74 Å². The van der Waals surface area contributed by atoms with Crippen molar-refractivity contribution in [3.63, 3.8) is 0 Å². The zero-order valence-electron chi connectivity index (χ0n) is 14.8. The number of hydrogen-bond acceptors (Lipinski definition) is 6. The molecule has 3 rings (SSSR count). The predicted molar refractivity (Wildman–Crippen MR) is 106 cm³/mol. The van der Waals surface area contributed by atoms with Gasteiger partial charge in [-0.15, -0.1) is 11.3 Å². The summed E-state index contributed by atoms with van der Waals surface area (Å²) in [5.74, 6) is 0.656. The molecule has 6 heteroatoms. The van der Waals surface area contributed by atoms with Crippen molar-refractivity contribution < 1.29 is 4.74 Å². The maximum absolute atomic E-state index is 9.46. The summed E-state index contributed by atoms with van der Waals surface area (Å²) in [4.78, 5) is 4.57. The molecule has 0 fully saturated rings. The zero-order chi connectivity index (χ0) is 18.5. The van der Waals surface area contributed by atoms with Crippen LogP contribution in [0.1, 0.15) is 16.1 Å². The van der Waals surface area contributed by atoms with Gasteiger partial charge in [0, 0.05) is 10.9 Å². The molecule has 1 heterocycles. The Bertz CT molecular complexity index is 1000. The van der Waals surface area contributed by atoms with Gasteiger partial charge in [-0.25, -0.2) is 4.98 Å². The highest BCUT2D eigenvalue weighted by atomic mass is 32.1. The average Bonchev–Trinajstić information content (AvgIpc) is 3.15. The standard InChI is InChI=1S/C20H18N4OS/c1-13-8-9-15(10-14(13)2)18-12-26-20(22-18)17(11-21)24-23-16-6-4-5-7-19(16)25-3/h4-10,12,23H,1-3H3. The molecule has 5 nitrogen and oxygen atoms in total. The van der Waals surface area contributed by atoms with Crippen molar-refractivity contribution in [3.05, 3.63) is 64.0 Å². The molecule has 0 radical (unpaired) electrons. The molecule has 26 heavy (non-hydrogen) atoms. The Balaban J connectivity index is 1.86. The number of aromatic nitrogens is 1. The smallest absolute Gasteiger partial charge is 0.196 e. The van der Waals surface area contributed by atoms with E-state index in [0.717, 1.165) is 11.3 Å². The molecular formula is C20H18N4OS. The second-order valence-electron chi connectivity index (χ2n) is 5.72. The van der Waals surface area contributed by atoms with Crippen molar-refractivity contribution in [3.8, 4) is 23.1 Å². The lowest BCUT2D eigenvalue weighted by molar-refractivity contribution is 0.416. The number of anilines is 1. The molecule has 0 aliphatic rings. The Hall–Kier alpha value is -3.17. The van der Waals surface area contributed by atoms with Crippen molar-refractivity contribution in [2.24, 2.45) is 5.10 Å². The van der Waals surface area contributed by atoms with E-state index < -0.39 is 0 Å². The number of nitrogens with zero attached hydrogens (tertiary/aromatic N) is 3. The van der Waals surface area contributed by atoms with Gasteiger partial charge in [0.05, 0.1) is 18.5 Å². The minimum atomic E-state index is 0.232. The van der Waals surface area contributed by atoms with Crippen molar-refractivity contribution in [1.82, 2.24) is 4.98 Å². The van der Waals surface area contributed by atoms with E-state index >= 15 is 0 Å². The third kappa shape index (κ3) is 3.73. The molecule has 0 amide bonds. The number of aryl methyl sites for hydroxylation is 2. The zero-order valence-corrected chi connectivity index (χ0v) is 15.6. The third-order valence-corrected chi connectivity index (χ3v) is 4.86. The molecule has 0 unspecified atom stereocenters. The van der Waals surface area contributed by atoms with E-state index in [4.69, 9.17) is 4.74 Å². The van der Waals surface area contributed by atoms with Crippen LogP contribution in [0, 0.1) is 25.2 Å². The number of hydrazone groups is 1. The van der Waals surface area contributed by atoms with Crippen LogP contribution in [0.2, 0.25) is 0 Å². The van der Waals surface area contributed by atoms with Gasteiger partial charge in [0.1, 0.15) is 11.8 Å². The van der Waals surface area contributed by atoms with Crippen LogP contribution >= 0.6 is 11.3 Å². The number of hydrogen-bond donors (Lipinski definition) is 1. The summed E-state index contributed by atoms with van der Waals surface area (Å²) < 4.78 is 5.27. The summed E-state index contributed by atoms with van der Waals surface area (Å²) >= 11 is 1.40. The summed E-state index contributed by atoms with van der Waals surface area (Å²) in [6.45, 7) is 4.15. The van der Waals surface area contributed by atoms with Crippen LogP contribution < -0.4 is 10.2 Å². The number of benzene rings is 2. The molecule has 1 aromatic heterocycles. The van der Waals surface area contributed by atoms with Gasteiger partial charge in [-0.3, -0.25) is 5.43 Å². The number of methoxy groups -OCH3 is 1. The highest BCUT2D eigenvalue weighted by molar-refractivity contribution is 7.12. The maximum atomic E-state index is 9.46. The molecule has 1 N–H and O–H groups in total. The number of para-hydroxylation sites is 2. The molecule has 3 aromatic rings. The first-order chi connectivity index (χ1) is 12.6. The van der Waals surface area contributed by atoms with Crippen molar-refractivity contribution in [1.29, 1.82) is 5.26 Å². The van der Waals surface area contributed by atoms with Gasteiger partial charge in [0.25, 0.3) is 0 Å². The van der Waals surface area contributed by atoms with Crippen molar-refractivity contribution >= 4 is 22.7 Å². The maximum Gasteiger partial charge on any atom is 0.196 e. The second-order valence-corrected chi connectivity index (χ2v) is 6.58. The second kappa shape index (κ2) is 7.81. The average molecular weight is 362 g/mol. The number of ether oxygens (including phenoxy) is 1. The van der Waals surface area contributed by atoms with Gasteiger partial charge >= 0.3 is 0 Å². The van der Waals surface area contributed by atoms with E-state index in [1.165, 1.54) is 22.5 Å². The fraction of sp³-hybridized carbons (Fsp3) is 0.150. The molecule has 2 aromatic carbocycles. The number of nitrogens with one attached hydrogen (secondary N) is 1. The molecule has 0 aliphatic heterocycles. The van der Waals surface area contributed by atoms with Gasteiger partial charge in [-0.05, 0) is 43.2 Å². The van der Waals surface area contributed by atoms with Crippen LogP contribution in [0.4, 0.5) is 5.69 Å². The third-order valence-electron chi connectivity index (χ3n) is 4.01. The normalized spacial score (nSPS) is 11.1. The lowest BCUT2D eigenvalue weighted by Gasteiger charge is -2.06. The Labute approximate surface area is 156 Å². The Kier molecular flexibility index (Phi) is 5.30. The van der Waals surface area contributed by atoms with Gasteiger partial charge in [0.15, 0.2) is 10.7 Å². The molecule has 0 spiro atoms. The number of thiazole rings is 1. The Morgan fingerprint density at radius 1 is 1.19 bits per heavy atom. The monoisotopic (exact) mass is 362 g/mol. The van der Waals surface area contributed by atoms with Crippen molar-refractivity contribution in [2.75, 3.05) is 12.5 Å². The SMILES string of the molecule is COc1ccccc1NN=C(C#N)c1nc(-c2ccc(C)c(C)c2)cs1. The molecule has 0 saturated carbocycles. The predicted octanol–water partition coefficient (Wildman–Crippen LogP) is 4.78. The molecule has 0 aliphatic carbocycles. The van der Waals surface area contributed by atoms with Crippen LogP contribution in [0.3, 0.4) is 0 Å². The van der Waals surface area contributed by atoms with E-state index in [2.05, 4.69) is 47.6 Å². The van der Waals surface area contributed by atoms with E-state index in [1.54, 1.807) is 7.11 Å². The number of nitriles is 1. The van der Waals surface area contributed by atoms with Crippen molar-refractivity contribution in [2.45, 2.75) is 13.8 Å². The lowest BCUT2D eigenvalue weighted by Crippen LogP contribution is -2.02. The number of rotatable bonds is 5. The summed E-state index contributed by atoms with van der Waals surface area (Å²) in [6.07, 6.45) is 0. The van der Waals surface area contributed by atoms with Crippen LogP contribution in [0.15, 0.2) is 52.9 Å². The first-order valence-corrected chi connectivity index (χ1v) is 8.90. The molecule has 0 bridgehead atoms. The van der Waals surface area contributed by atoms with Crippen LogP contribution in [0.5, 0.6) is 5.75 Å². The van der Waals surface area contributed by atoms with E-state index in [9.17, 15) is 5.26 Å². The summed E-state index contributed by atoms with van der Waals surface area (Å²) in [6, 6.07) is 15.7. The lowest BCUT2D eigenvalue weighted by atomic mass is 10.1. The fourth-order valence-electron chi connectivity index (χ4n) is 2.39. The van der Waals surface area contributed by atoms with E-state index in [1.807, 2.05) is 35.7 Å². The Morgan fingerprint density at radius 3 is 2.73 bits per heavy atom. The quantitative estimate of drug-likeness (QED) is 0.524. The molecule has 0 atom stereocenters. The Morgan fingerprint density at radius 2 is 2.00 bits per heavy atom. The molecular weight excluding hydrogens is 344 g/mol. The van der Waals surface area contributed by atoms with Crippen LogP contribution in [-0.4, -0.2) is 17.8 Å². The van der Waals surface area contributed by atoms with Gasteiger partial charge in [-0.2, -0.15) is 10.4 Å². The van der Waals surface area contributed by atoms with E-state index in [-0.39, 0.29) is 5.71 Å². The fourth-order valence-corrected chi connectivity index (χ4v) is 3.16. The molecule has 130 valence electrons. The minimum absolute atomic E-state index is 0.232.